The predicted molar refractivity (Wildman–Crippen MR) is 123 cm³/mol. The zero-order chi connectivity index (χ0) is 21.6. The van der Waals surface area contributed by atoms with Crippen LogP contribution in [0.2, 0.25) is 0 Å². The average molecular weight is 418 g/mol. The molecule has 1 N–H and O–H groups in total. The van der Waals surface area contributed by atoms with E-state index in [1.807, 2.05) is 48.2 Å². The standard InChI is InChI=1S/C26H31N3O2/c1-28(2)23-9-7-22(8-10-23)27-25(31)26(29-14-12-24(29)30)13-11-20-15-18-5-3-4-6-19(18)16-21(20)17-26/h3-10,20-21H,11-17H2,1-2H3,(H,27,31)/t20-,21+,26?/m1/s1. The monoisotopic (exact) mass is 417 g/mol. The van der Waals surface area contributed by atoms with Crippen molar-refractivity contribution in [2.75, 3.05) is 30.9 Å². The number of β-lactam (4-membered cyclic amide) rings is 1. The zero-order valence-corrected chi connectivity index (χ0v) is 18.4. The largest absolute Gasteiger partial charge is 0.378 e. The van der Waals surface area contributed by atoms with Gasteiger partial charge in [-0.2, -0.15) is 0 Å². The second kappa shape index (κ2) is 7.70. The molecule has 1 aliphatic heterocycles. The van der Waals surface area contributed by atoms with Gasteiger partial charge in [0.25, 0.3) is 0 Å². The molecule has 2 aromatic rings. The van der Waals surface area contributed by atoms with E-state index in [1.54, 1.807) is 0 Å². The highest BCUT2D eigenvalue weighted by Gasteiger charge is 2.54. The average Bonchev–Trinajstić information content (AvgIpc) is 2.76. The van der Waals surface area contributed by atoms with Gasteiger partial charge in [-0.25, -0.2) is 0 Å². The van der Waals surface area contributed by atoms with Gasteiger partial charge in [-0.1, -0.05) is 24.3 Å². The van der Waals surface area contributed by atoms with Crippen LogP contribution in [0, 0.1) is 11.8 Å². The Kier molecular flexibility index (Phi) is 4.99. The first-order chi connectivity index (χ1) is 15.0. The van der Waals surface area contributed by atoms with Crippen LogP contribution in [0.15, 0.2) is 48.5 Å². The van der Waals surface area contributed by atoms with Crippen LogP contribution >= 0.6 is 0 Å². The molecular formula is C26H31N3O2. The summed E-state index contributed by atoms with van der Waals surface area (Å²) in [5, 5.41) is 3.15. The predicted octanol–water partition coefficient (Wildman–Crippen LogP) is 3.88. The summed E-state index contributed by atoms with van der Waals surface area (Å²) in [6, 6.07) is 16.6. The molecule has 5 heteroatoms. The van der Waals surface area contributed by atoms with Gasteiger partial charge in [0.15, 0.2) is 0 Å². The lowest BCUT2D eigenvalue weighted by atomic mass is 9.62. The van der Waals surface area contributed by atoms with Crippen molar-refractivity contribution in [3.8, 4) is 0 Å². The molecule has 2 amide bonds. The quantitative estimate of drug-likeness (QED) is 0.768. The van der Waals surface area contributed by atoms with Crippen molar-refractivity contribution in [1.82, 2.24) is 4.90 Å². The molecule has 3 atom stereocenters. The van der Waals surface area contributed by atoms with E-state index in [1.165, 1.54) is 11.1 Å². The van der Waals surface area contributed by atoms with E-state index in [0.29, 0.717) is 24.8 Å². The van der Waals surface area contributed by atoms with Gasteiger partial charge in [-0.15, -0.1) is 0 Å². The van der Waals surface area contributed by atoms with E-state index in [2.05, 4.69) is 29.6 Å². The number of hydrogen-bond acceptors (Lipinski definition) is 3. The van der Waals surface area contributed by atoms with Gasteiger partial charge < -0.3 is 15.1 Å². The number of carbonyl (C=O) groups excluding carboxylic acids is 2. The minimum absolute atomic E-state index is 0.0181. The second-order valence-electron chi connectivity index (χ2n) is 9.66. The normalized spacial score (nSPS) is 27.0. The Bertz CT molecular complexity index is 1000. The number of nitrogens with zero attached hydrogens (tertiary/aromatic N) is 2. The van der Waals surface area contributed by atoms with E-state index in [4.69, 9.17) is 0 Å². The van der Waals surface area contributed by atoms with Gasteiger partial charge in [0.1, 0.15) is 5.54 Å². The van der Waals surface area contributed by atoms with Gasteiger partial charge in [0, 0.05) is 38.4 Å². The minimum atomic E-state index is -0.719. The fraction of sp³-hybridized carbons (Fsp3) is 0.462. The van der Waals surface area contributed by atoms with Gasteiger partial charge in [-0.3, -0.25) is 9.59 Å². The van der Waals surface area contributed by atoms with Gasteiger partial charge in [-0.05, 0) is 79.3 Å². The van der Waals surface area contributed by atoms with Crippen LogP contribution in [0.3, 0.4) is 0 Å². The third-order valence-electron chi connectivity index (χ3n) is 7.71. The van der Waals surface area contributed by atoms with Gasteiger partial charge >= 0.3 is 0 Å². The third-order valence-corrected chi connectivity index (χ3v) is 7.71. The topological polar surface area (TPSA) is 52.7 Å². The Balaban J connectivity index is 1.40. The molecule has 2 fully saturated rings. The summed E-state index contributed by atoms with van der Waals surface area (Å²) >= 11 is 0. The smallest absolute Gasteiger partial charge is 0.250 e. The highest BCUT2D eigenvalue weighted by Crippen LogP contribution is 2.47. The minimum Gasteiger partial charge on any atom is -0.378 e. The summed E-state index contributed by atoms with van der Waals surface area (Å²) in [5.74, 6) is 1.15. The van der Waals surface area contributed by atoms with E-state index in [-0.39, 0.29) is 11.8 Å². The number of anilines is 2. The highest BCUT2D eigenvalue weighted by molar-refractivity contribution is 6.01. The molecule has 1 unspecified atom stereocenters. The van der Waals surface area contributed by atoms with Crippen LogP contribution in [-0.2, 0) is 22.4 Å². The summed E-state index contributed by atoms with van der Waals surface area (Å²) in [7, 11) is 4.00. The number of carbonyl (C=O) groups is 2. The van der Waals surface area contributed by atoms with E-state index < -0.39 is 5.54 Å². The van der Waals surface area contributed by atoms with Crippen molar-refractivity contribution in [1.29, 1.82) is 0 Å². The van der Waals surface area contributed by atoms with Crippen molar-refractivity contribution in [2.45, 2.75) is 44.1 Å². The lowest BCUT2D eigenvalue weighted by Gasteiger charge is -2.53. The first-order valence-electron chi connectivity index (χ1n) is 11.4. The molecular weight excluding hydrogens is 386 g/mol. The summed E-state index contributed by atoms with van der Waals surface area (Å²) in [6.45, 7) is 0.694. The molecule has 2 aromatic carbocycles. The Morgan fingerprint density at radius 3 is 2.29 bits per heavy atom. The van der Waals surface area contributed by atoms with E-state index in [9.17, 15) is 9.59 Å². The molecule has 1 saturated heterocycles. The SMILES string of the molecule is CN(C)c1ccc(NC(=O)C2(N3CCC3=O)CC[C@@H]3Cc4ccccc4C[C@H]3C2)cc1. The Labute approximate surface area is 184 Å². The molecule has 1 heterocycles. The van der Waals surface area contributed by atoms with E-state index in [0.717, 1.165) is 43.5 Å². The molecule has 31 heavy (non-hydrogen) atoms. The Morgan fingerprint density at radius 1 is 1.03 bits per heavy atom. The molecule has 1 saturated carbocycles. The van der Waals surface area contributed by atoms with Crippen molar-refractivity contribution in [2.24, 2.45) is 11.8 Å². The lowest BCUT2D eigenvalue weighted by molar-refractivity contribution is -0.159. The van der Waals surface area contributed by atoms with Crippen molar-refractivity contribution in [3.63, 3.8) is 0 Å². The highest BCUT2D eigenvalue weighted by atomic mass is 16.2. The number of rotatable bonds is 4. The van der Waals surface area contributed by atoms with Crippen LogP contribution in [-0.4, -0.2) is 42.9 Å². The van der Waals surface area contributed by atoms with Crippen LogP contribution in [0.1, 0.15) is 36.8 Å². The molecule has 0 aromatic heterocycles. The van der Waals surface area contributed by atoms with Crippen LogP contribution < -0.4 is 10.2 Å². The van der Waals surface area contributed by atoms with Crippen molar-refractivity contribution >= 4 is 23.2 Å². The molecule has 5 rings (SSSR count). The third kappa shape index (κ3) is 3.50. The van der Waals surface area contributed by atoms with Crippen LogP contribution in [0.25, 0.3) is 0 Å². The molecule has 0 radical (unpaired) electrons. The number of nitrogens with one attached hydrogen (secondary N) is 1. The van der Waals surface area contributed by atoms with Gasteiger partial charge in [0.05, 0.1) is 0 Å². The van der Waals surface area contributed by atoms with Crippen molar-refractivity contribution < 1.29 is 9.59 Å². The van der Waals surface area contributed by atoms with E-state index >= 15 is 0 Å². The maximum absolute atomic E-state index is 13.7. The maximum atomic E-state index is 13.7. The maximum Gasteiger partial charge on any atom is 0.250 e. The van der Waals surface area contributed by atoms with Crippen LogP contribution in [0.4, 0.5) is 11.4 Å². The zero-order valence-electron chi connectivity index (χ0n) is 18.4. The molecule has 162 valence electrons. The second-order valence-corrected chi connectivity index (χ2v) is 9.66. The Morgan fingerprint density at radius 2 is 1.71 bits per heavy atom. The summed E-state index contributed by atoms with van der Waals surface area (Å²) in [6.07, 6.45) is 5.18. The first kappa shape index (κ1) is 20.1. The molecule has 3 aliphatic rings. The summed E-state index contributed by atoms with van der Waals surface area (Å²) in [4.78, 5) is 30.1. The number of benzene rings is 2. The van der Waals surface area contributed by atoms with Crippen molar-refractivity contribution in [3.05, 3.63) is 59.7 Å². The molecule has 2 aliphatic carbocycles. The Hall–Kier alpha value is -2.82. The molecule has 0 spiro atoms. The summed E-state index contributed by atoms with van der Waals surface area (Å²) < 4.78 is 0. The van der Waals surface area contributed by atoms with Crippen LogP contribution in [0.5, 0.6) is 0 Å². The fourth-order valence-corrected chi connectivity index (χ4v) is 5.82. The molecule has 5 nitrogen and oxygen atoms in total. The van der Waals surface area contributed by atoms with Gasteiger partial charge in [0.2, 0.25) is 11.8 Å². The number of hydrogen-bond donors (Lipinski definition) is 1. The lowest BCUT2D eigenvalue weighted by Crippen LogP contribution is -2.66. The number of fused-ring (bicyclic) bond motifs is 2. The number of amides is 2. The first-order valence-corrected chi connectivity index (χ1v) is 11.4. The summed E-state index contributed by atoms with van der Waals surface area (Å²) in [5.41, 5.74) is 4.03. The molecule has 0 bridgehead atoms. The number of likely N-dealkylation sites (tertiary alicyclic amines) is 1. The fourth-order valence-electron chi connectivity index (χ4n) is 5.82.